The Morgan fingerprint density at radius 2 is 1.45 bits per heavy atom. The number of benzene rings is 2. The van der Waals surface area contributed by atoms with E-state index in [4.69, 9.17) is 0 Å². The minimum atomic E-state index is -0.176. The van der Waals surface area contributed by atoms with E-state index < -0.39 is 0 Å². The minimum Gasteiger partial charge on any atom is -0.340 e. The lowest BCUT2D eigenvalue weighted by molar-refractivity contribution is -0.116. The van der Waals surface area contributed by atoms with Crippen LogP contribution < -0.4 is 16.0 Å². The number of anilines is 5. The smallest absolute Gasteiger partial charge is 0.246 e. The number of nitrogens with one attached hydrogen (secondary N) is 3. The maximum Gasteiger partial charge on any atom is 0.246 e. The molecule has 0 fully saturated rings. The first kappa shape index (κ1) is 20.0. The molecule has 0 radical (unpaired) electrons. The van der Waals surface area contributed by atoms with Crippen LogP contribution in [-0.4, -0.2) is 30.6 Å². The summed E-state index contributed by atoms with van der Waals surface area (Å²) in [5.74, 6) is 1.85. The zero-order chi connectivity index (χ0) is 21.6. The van der Waals surface area contributed by atoms with E-state index in [0.717, 1.165) is 11.4 Å². The summed E-state index contributed by atoms with van der Waals surface area (Å²) in [4.78, 5) is 24.8. The van der Waals surface area contributed by atoms with Gasteiger partial charge in [-0.15, -0.1) is 0 Å². The number of carbonyl (C=O) groups excluding carboxylic acids is 1. The second kappa shape index (κ2) is 9.04. The zero-order valence-corrected chi connectivity index (χ0v) is 17.2. The van der Waals surface area contributed by atoms with Crippen molar-refractivity contribution in [1.29, 1.82) is 0 Å². The predicted molar refractivity (Wildman–Crippen MR) is 120 cm³/mol. The van der Waals surface area contributed by atoms with Gasteiger partial charge in [-0.25, -0.2) is 19.6 Å². The molecule has 0 unspecified atom stereocenters. The lowest BCUT2D eigenvalue weighted by Gasteiger charge is -2.11. The Kier molecular flexibility index (Phi) is 5.84. The molecule has 0 saturated heterocycles. The maximum absolute atomic E-state index is 12.1. The van der Waals surface area contributed by atoms with Gasteiger partial charge in [0, 0.05) is 23.1 Å². The van der Waals surface area contributed by atoms with Crippen molar-refractivity contribution in [1.82, 2.24) is 24.7 Å². The summed E-state index contributed by atoms with van der Waals surface area (Å²) in [6.07, 6.45) is 2.89. The van der Waals surface area contributed by atoms with Crippen molar-refractivity contribution in [2.45, 2.75) is 20.4 Å². The second-order valence-electron chi connectivity index (χ2n) is 7.02. The van der Waals surface area contributed by atoms with Gasteiger partial charge in [-0.2, -0.15) is 5.10 Å². The van der Waals surface area contributed by atoms with Crippen molar-refractivity contribution in [3.63, 3.8) is 0 Å². The van der Waals surface area contributed by atoms with E-state index in [1.165, 1.54) is 22.9 Å². The Hall–Kier alpha value is -4.27. The molecule has 1 amide bonds. The predicted octanol–water partition coefficient (Wildman–Crippen LogP) is 3.81. The first-order valence-electron chi connectivity index (χ1n) is 9.72. The van der Waals surface area contributed by atoms with Crippen LogP contribution in [0.5, 0.6) is 0 Å². The molecule has 31 heavy (non-hydrogen) atoms. The van der Waals surface area contributed by atoms with Gasteiger partial charge in [0.1, 0.15) is 36.7 Å². The molecule has 0 bridgehead atoms. The molecular weight excluding hydrogens is 392 g/mol. The van der Waals surface area contributed by atoms with Gasteiger partial charge >= 0.3 is 0 Å². The van der Waals surface area contributed by atoms with Gasteiger partial charge in [0.2, 0.25) is 5.91 Å². The molecule has 0 aliphatic carbocycles. The highest BCUT2D eigenvalue weighted by molar-refractivity contribution is 5.90. The number of aryl methyl sites for hydroxylation is 2. The molecule has 0 saturated carbocycles. The average Bonchev–Trinajstić information content (AvgIpc) is 3.24. The van der Waals surface area contributed by atoms with Gasteiger partial charge in [0.15, 0.2) is 0 Å². The van der Waals surface area contributed by atoms with Crippen molar-refractivity contribution in [3.8, 4) is 0 Å². The van der Waals surface area contributed by atoms with Crippen molar-refractivity contribution < 1.29 is 4.79 Å². The van der Waals surface area contributed by atoms with Crippen LogP contribution in [0.2, 0.25) is 0 Å². The highest BCUT2D eigenvalue weighted by atomic mass is 16.2. The highest BCUT2D eigenvalue weighted by Crippen LogP contribution is 2.22. The lowest BCUT2D eigenvalue weighted by atomic mass is 10.2. The molecule has 2 heterocycles. The Labute approximate surface area is 179 Å². The first-order valence-corrected chi connectivity index (χ1v) is 9.72. The largest absolute Gasteiger partial charge is 0.340 e. The quantitative estimate of drug-likeness (QED) is 0.422. The standard InChI is InChI=1S/C22H22N8O/c1-15-3-5-17(6-4-15)27-20-11-21(26-16(2)25-20)28-18-7-9-19(10-8-18)29-22(31)12-30-14-23-13-24-30/h3-11,13-14H,12H2,1-2H3,(H,29,31)(H2,25,26,27,28). The molecule has 156 valence electrons. The van der Waals surface area contributed by atoms with Crippen LogP contribution in [0.4, 0.5) is 28.7 Å². The van der Waals surface area contributed by atoms with E-state index >= 15 is 0 Å². The van der Waals surface area contributed by atoms with E-state index in [1.54, 1.807) is 0 Å². The second-order valence-corrected chi connectivity index (χ2v) is 7.02. The molecule has 0 atom stereocenters. The number of amides is 1. The fourth-order valence-electron chi connectivity index (χ4n) is 2.93. The van der Waals surface area contributed by atoms with Crippen molar-refractivity contribution in [2.24, 2.45) is 0 Å². The highest BCUT2D eigenvalue weighted by Gasteiger charge is 2.06. The van der Waals surface area contributed by atoms with Crippen LogP contribution in [0.15, 0.2) is 67.3 Å². The Morgan fingerprint density at radius 1 is 0.871 bits per heavy atom. The van der Waals surface area contributed by atoms with Crippen LogP contribution >= 0.6 is 0 Å². The lowest BCUT2D eigenvalue weighted by Crippen LogP contribution is -2.18. The topological polar surface area (TPSA) is 110 Å². The zero-order valence-electron chi connectivity index (χ0n) is 17.2. The fraction of sp³-hybridized carbons (Fsp3) is 0.136. The summed E-state index contributed by atoms with van der Waals surface area (Å²) in [6, 6.07) is 17.3. The summed E-state index contributed by atoms with van der Waals surface area (Å²) < 4.78 is 1.46. The number of hydrogen-bond donors (Lipinski definition) is 3. The first-order chi connectivity index (χ1) is 15.0. The van der Waals surface area contributed by atoms with Gasteiger partial charge in [0.25, 0.3) is 0 Å². The van der Waals surface area contributed by atoms with Gasteiger partial charge in [-0.05, 0) is 50.2 Å². The maximum atomic E-state index is 12.1. The normalized spacial score (nSPS) is 10.5. The summed E-state index contributed by atoms with van der Waals surface area (Å²) in [5, 5.41) is 13.3. The van der Waals surface area contributed by atoms with E-state index in [9.17, 15) is 4.79 Å². The van der Waals surface area contributed by atoms with Gasteiger partial charge in [-0.1, -0.05) is 17.7 Å². The number of rotatable bonds is 7. The summed E-state index contributed by atoms with van der Waals surface area (Å²) in [5.41, 5.74) is 3.69. The molecule has 4 rings (SSSR count). The number of carbonyl (C=O) groups is 1. The van der Waals surface area contributed by atoms with Crippen LogP contribution in [0.25, 0.3) is 0 Å². The fourth-order valence-corrected chi connectivity index (χ4v) is 2.93. The third-order valence-electron chi connectivity index (χ3n) is 4.38. The van der Waals surface area contributed by atoms with E-state index in [1.807, 2.05) is 68.4 Å². The molecule has 4 aromatic rings. The Balaban J connectivity index is 1.39. The molecule has 9 heteroatoms. The summed E-state index contributed by atoms with van der Waals surface area (Å²) >= 11 is 0. The molecule has 2 aromatic heterocycles. The molecule has 0 aliphatic heterocycles. The number of nitrogens with zero attached hydrogens (tertiary/aromatic N) is 5. The van der Waals surface area contributed by atoms with Crippen LogP contribution in [0.3, 0.4) is 0 Å². The van der Waals surface area contributed by atoms with E-state index in [0.29, 0.717) is 23.1 Å². The SMILES string of the molecule is Cc1ccc(Nc2cc(Nc3ccc(NC(=O)Cn4cncn4)cc3)nc(C)n2)cc1. The minimum absolute atomic E-state index is 0.108. The Bertz CT molecular complexity index is 1160. The third-order valence-corrected chi connectivity index (χ3v) is 4.38. The molecule has 0 spiro atoms. The monoisotopic (exact) mass is 414 g/mol. The van der Waals surface area contributed by atoms with Crippen molar-refractivity contribution in [3.05, 3.63) is 78.6 Å². The Morgan fingerprint density at radius 3 is 2.03 bits per heavy atom. The molecular formula is C22H22N8O. The van der Waals surface area contributed by atoms with Crippen molar-refractivity contribution in [2.75, 3.05) is 16.0 Å². The summed E-state index contributed by atoms with van der Waals surface area (Å²) in [7, 11) is 0. The molecule has 3 N–H and O–H groups in total. The van der Waals surface area contributed by atoms with Gasteiger partial charge in [0.05, 0.1) is 0 Å². The van der Waals surface area contributed by atoms with Crippen molar-refractivity contribution >= 4 is 34.6 Å². The van der Waals surface area contributed by atoms with Crippen LogP contribution in [0, 0.1) is 13.8 Å². The summed E-state index contributed by atoms with van der Waals surface area (Å²) in [6.45, 7) is 4.00. The average molecular weight is 414 g/mol. The molecule has 2 aromatic carbocycles. The number of hydrogen-bond acceptors (Lipinski definition) is 7. The van der Waals surface area contributed by atoms with Crippen LogP contribution in [-0.2, 0) is 11.3 Å². The number of aromatic nitrogens is 5. The van der Waals surface area contributed by atoms with Gasteiger partial charge in [-0.3, -0.25) is 4.79 Å². The van der Waals surface area contributed by atoms with E-state index in [-0.39, 0.29) is 12.5 Å². The van der Waals surface area contributed by atoms with Gasteiger partial charge < -0.3 is 16.0 Å². The van der Waals surface area contributed by atoms with Crippen LogP contribution in [0.1, 0.15) is 11.4 Å². The van der Waals surface area contributed by atoms with E-state index in [2.05, 4.69) is 36.0 Å². The molecule has 0 aliphatic rings. The molecule has 9 nitrogen and oxygen atoms in total. The third kappa shape index (κ3) is 5.63.